The van der Waals surface area contributed by atoms with E-state index in [2.05, 4.69) is 32.7 Å². The van der Waals surface area contributed by atoms with Gasteiger partial charge in [0.1, 0.15) is 0 Å². The first-order chi connectivity index (χ1) is 14.7. The Morgan fingerprint density at radius 1 is 0.871 bits per heavy atom. The fourth-order valence-corrected chi connectivity index (χ4v) is 3.78. The first-order valence-corrected chi connectivity index (χ1v) is 12.8. The van der Waals surface area contributed by atoms with E-state index in [1.165, 1.54) is 5.56 Å². The van der Waals surface area contributed by atoms with Gasteiger partial charge in [0.15, 0.2) is 0 Å². The van der Waals surface area contributed by atoms with Crippen LogP contribution >= 0.6 is 0 Å². The molecule has 0 aliphatic carbocycles. The molecule has 3 nitrogen and oxygen atoms in total. The molecule has 0 amide bonds. The van der Waals surface area contributed by atoms with E-state index < -0.39 is 10.1 Å². The van der Waals surface area contributed by atoms with Gasteiger partial charge in [0.05, 0.1) is 4.90 Å². The van der Waals surface area contributed by atoms with Crippen LogP contribution in [0.15, 0.2) is 48.9 Å². The van der Waals surface area contributed by atoms with Gasteiger partial charge in [0.2, 0.25) is 0 Å². The Balaban J connectivity index is -0.000000286. The summed E-state index contributed by atoms with van der Waals surface area (Å²) in [7, 11) is -4.20. The fraction of sp³-hybridized carbons (Fsp3) is 0.481. The highest BCUT2D eigenvalue weighted by molar-refractivity contribution is 7.85. The standard InChI is InChI=1S/C16H20O3S.C3H6.3C2H6.C2H4/c1-5-12-7-8-14-11(4)13(6-2)16(20(17,18)19)9-15(14)10(12)3;1-3-2;4*1-2/h7-9H,5-6H2,1-4H3,(H,17,18,19);3H,1H2,2H3;3*1-2H3;1-2H2. The van der Waals surface area contributed by atoms with Crippen LogP contribution in [0.4, 0.5) is 0 Å². The third kappa shape index (κ3) is 11.3. The van der Waals surface area contributed by atoms with Gasteiger partial charge < -0.3 is 0 Å². The molecule has 0 saturated heterocycles. The van der Waals surface area contributed by atoms with Crippen LogP contribution in [0, 0.1) is 13.8 Å². The Hall–Kier alpha value is -1.91. The highest BCUT2D eigenvalue weighted by Gasteiger charge is 2.19. The molecule has 2 rings (SSSR count). The minimum Gasteiger partial charge on any atom is -0.282 e. The molecule has 2 aromatic carbocycles. The third-order valence-corrected chi connectivity index (χ3v) is 4.99. The Morgan fingerprint density at radius 3 is 1.61 bits per heavy atom. The van der Waals surface area contributed by atoms with Gasteiger partial charge in [-0.15, -0.1) is 19.7 Å². The number of rotatable bonds is 3. The van der Waals surface area contributed by atoms with E-state index in [-0.39, 0.29) is 4.90 Å². The van der Waals surface area contributed by atoms with Crippen molar-refractivity contribution >= 4 is 20.9 Å². The predicted octanol–water partition coefficient (Wildman–Crippen LogP) is 8.90. The van der Waals surface area contributed by atoms with Gasteiger partial charge in [-0.05, 0) is 72.7 Å². The Labute approximate surface area is 194 Å². The summed E-state index contributed by atoms with van der Waals surface area (Å²) in [6.45, 7) is 31.1. The normalized spacial score (nSPS) is 8.90. The maximum absolute atomic E-state index is 11.6. The van der Waals surface area contributed by atoms with E-state index >= 15 is 0 Å². The van der Waals surface area contributed by atoms with Gasteiger partial charge in [0.25, 0.3) is 10.1 Å². The molecule has 1 N–H and O–H groups in total. The lowest BCUT2D eigenvalue weighted by Gasteiger charge is -2.15. The highest BCUT2D eigenvalue weighted by Crippen LogP contribution is 2.32. The SMILES string of the molecule is C=C.C=CC.CC.CC.CC.CCc1ccc2c(C)c(CC)c(S(=O)(=O)O)cc2c1C. The summed E-state index contributed by atoms with van der Waals surface area (Å²) in [6, 6.07) is 5.76. The van der Waals surface area contributed by atoms with E-state index in [1.807, 2.05) is 75.3 Å². The van der Waals surface area contributed by atoms with Crippen LogP contribution in [0.1, 0.15) is 84.6 Å². The lowest BCUT2D eigenvalue weighted by atomic mass is 9.93. The van der Waals surface area contributed by atoms with Crippen LogP contribution in [0.25, 0.3) is 10.8 Å². The van der Waals surface area contributed by atoms with Crippen LogP contribution in [0.2, 0.25) is 0 Å². The van der Waals surface area contributed by atoms with Crippen molar-refractivity contribution in [3.63, 3.8) is 0 Å². The Kier molecular flexibility index (Phi) is 25.1. The number of fused-ring (bicyclic) bond motifs is 1. The lowest BCUT2D eigenvalue weighted by Crippen LogP contribution is -2.06. The maximum atomic E-state index is 11.6. The van der Waals surface area contributed by atoms with E-state index in [0.29, 0.717) is 12.0 Å². The predicted molar refractivity (Wildman–Crippen MR) is 143 cm³/mol. The zero-order valence-corrected chi connectivity index (χ0v) is 22.8. The first-order valence-electron chi connectivity index (χ1n) is 11.3. The molecular formula is C27H48O3S. The number of benzene rings is 2. The largest absolute Gasteiger partial charge is 0.294 e. The molecule has 180 valence electrons. The summed E-state index contributed by atoms with van der Waals surface area (Å²) >= 11 is 0. The van der Waals surface area contributed by atoms with Crippen molar-refractivity contribution in [2.75, 3.05) is 0 Å². The van der Waals surface area contributed by atoms with Gasteiger partial charge in [-0.3, -0.25) is 4.55 Å². The van der Waals surface area contributed by atoms with Gasteiger partial charge in [0, 0.05) is 0 Å². The van der Waals surface area contributed by atoms with Crippen molar-refractivity contribution in [3.8, 4) is 0 Å². The molecule has 31 heavy (non-hydrogen) atoms. The molecule has 4 heteroatoms. The molecule has 0 bridgehead atoms. The molecule has 2 aromatic rings. The van der Waals surface area contributed by atoms with Crippen molar-refractivity contribution in [1.82, 2.24) is 0 Å². The summed E-state index contributed by atoms with van der Waals surface area (Å²) in [5.41, 5.74) is 3.91. The molecule has 0 heterocycles. The molecular weight excluding hydrogens is 404 g/mol. The van der Waals surface area contributed by atoms with Gasteiger partial charge >= 0.3 is 0 Å². The fourth-order valence-electron chi connectivity index (χ4n) is 2.90. The van der Waals surface area contributed by atoms with Crippen LogP contribution < -0.4 is 0 Å². The maximum Gasteiger partial charge on any atom is 0.294 e. The molecule has 0 aromatic heterocycles. The minimum atomic E-state index is -4.20. The zero-order chi connectivity index (χ0) is 25.8. The smallest absolute Gasteiger partial charge is 0.282 e. The molecule has 0 unspecified atom stereocenters. The minimum absolute atomic E-state index is 0.0429. The number of allylic oxidation sites excluding steroid dienone is 1. The second-order valence-electron chi connectivity index (χ2n) is 5.51. The van der Waals surface area contributed by atoms with Crippen LogP contribution in [0.5, 0.6) is 0 Å². The molecule has 0 fully saturated rings. The highest BCUT2D eigenvalue weighted by atomic mass is 32.2. The third-order valence-electron chi connectivity index (χ3n) is 4.07. The lowest BCUT2D eigenvalue weighted by molar-refractivity contribution is 0.482. The van der Waals surface area contributed by atoms with Crippen LogP contribution in [0.3, 0.4) is 0 Å². The molecule has 0 saturated carbocycles. The molecule has 0 aliphatic heterocycles. The Morgan fingerprint density at radius 2 is 1.29 bits per heavy atom. The van der Waals surface area contributed by atoms with Crippen molar-refractivity contribution in [2.45, 2.75) is 93.9 Å². The Bertz CT molecular complexity index is 835. The van der Waals surface area contributed by atoms with Crippen molar-refractivity contribution < 1.29 is 13.0 Å². The number of hydrogen-bond donors (Lipinski definition) is 1. The molecule has 0 spiro atoms. The summed E-state index contributed by atoms with van der Waals surface area (Å²) in [5, 5.41) is 1.97. The zero-order valence-electron chi connectivity index (χ0n) is 22.0. The van der Waals surface area contributed by atoms with E-state index in [0.717, 1.165) is 28.3 Å². The van der Waals surface area contributed by atoms with Crippen molar-refractivity contribution in [3.05, 3.63) is 66.3 Å². The topological polar surface area (TPSA) is 54.4 Å². The van der Waals surface area contributed by atoms with Crippen molar-refractivity contribution in [2.24, 2.45) is 0 Å². The average molecular weight is 453 g/mol. The van der Waals surface area contributed by atoms with Crippen LogP contribution in [-0.2, 0) is 23.0 Å². The van der Waals surface area contributed by atoms with Gasteiger partial charge in [-0.25, -0.2) is 0 Å². The second-order valence-corrected chi connectivity index (χ2v) is 6.90. The summed E-state index contributed by atoms with van der Waals surface area (Å²) in [5.74, 6) is 0. The summed E-state index contributed by atoms with van der Waals surface area (Å²) in [6.07, 6.45) is 3.23. The summed E-state index contributed by atoms with van der Waals surface area (Å²) < 4.78 is 32.7. The number of hydrogen-bond acceptors (Lipinski definition) is 2. The van der Waals surface area contributed by atoms with Gasteiger partial charge in [-0.1, -0.05) is 73.6 Å². The van der Waals surface area contributed by atoms with Gasteiger partial charge in [-0.2, -0.15) is 8.42 Å². The summed E-state index contributed by atoms with van der Waals surface area (Å²) in [4.78, 5) is 0.0429. The quantitative estimate of drug-likeness (QED) is 0.373. The van der Waals surface area contributed by atoms with Crippen LogP contribution in [-0.4, -0.2) is 13.0 Å². The van der Waals surface area contributed by atoms with E-state index in [9.17, 15) is 13.0 Å². The van der Waals surface area contributed by atoms with E-state index in [1.54, 1.807) is 12.1 Å². The second kappa shape index (κ2) is 21.3. The van der Waals surface area contributed by atoms with Crippen molar-refractivity contribution in [1.29, 1.82) is 0 Å². The monoisotopic (exact) mass is 452 g/mol. The molecule has 0 atom stereocenters. The number of aryl methyl sites for hydroxylation is 3. The van der Waals surface area contributed by atoms with E-state index in [4.69, 9.17) is 0 Å². The average Bonchev–Trinajstić information content (AvgIpc) is 2.79. The first kappa shape index (κ1) is 36.5. The molecule has 0 radical (unpaired) electrons. The molecule has 0 aliphatic rings.